The van der Waals surface area contributed by atoms with E-state index >= 15 is 0 Å². The maximum Gasteiger partial charge on any atom is 0.182 e. The fraction of sp³-hybridized carbons (Fsp3) is 0.533. The molecule has 5 heteroatoms. The van der Waals surface area contributed by atoms with Crippen LogP contribution in [0.15, 0.2) is 29.2 Å². The first-order valence-electron chi connectivity index (χ1n) is 6.88. The summed E-state index contributed by atoms with van der Waals surface area (Å²) in [4.78, 5) is 0.229. The second-order valence-corrected chi connectivity index (χ2v) is 7.97. The normalized spacial score (nSPS) is 26.9. The van der Waals surface area contributed by atoms with E-state index in [2.05, 4.69) is 13.0 Å². The van der Waals surface area contributed by atoms with Crippen LogP contribution in [0.4, 0.5) is 0 Å². The first-order chi connectivity index (χ1) is 9.48. The maximum absolute atomic E-state index is 12.8. The lowest BCUT2D eigenvalue weighted by Crippen LogP contribution is -2.35. The van der Waals surface area contributed by atoms with Gasteiger partial charge in [-0.05, 0) is 43.4 Å². The van der Waals surface area contributed by atoms with Crippen molar-refractivity contribution < 1.29 is 8.42 Å². The molecule has 0 N–H and O–H groups in total. The van der Waals surface area contributed by atoms with Gasteiger partial charge in [-0.3, -0.25) is 0 Å². The molecule has 0 spiro atoms. The Morgan fingerprint density at radius 3 is 2.75 bits per heavy atom. The van der Waals surface area contributed by atoms with Crippen LogP contribution in [-0.2, 0) is 9.84 Å². The predicted molar refractivity (Wildman–Crippen MR) is 79.2 cm³/mol. The second-order valence-electron chi connectivity index (χ2n) is 5.36. The number of halogens is 1. The summed E-state index contributed by atoms with van der Waals surface area (Å²) in [6, 6.07) is 8.50. The average molecular weight is 312 g/mol. The molecule has 108 valence electrons. The highest BCUT2D eigenvalue weighted by atomic mass is 35.5. The minimum absolute atomic E-state index is 0.229. The zero-order valence-corrected chi connectivity index (χ0v) is 13.0. The van der Waals surface area contributed by atoms with Crippen molar-refractivity contribution in [2.45, 2.75) is 42.8 Å². The number of benzene rings is 1. The van der Waals surface area contributed by atoms with Gasteiger partial charge in [0.2, 0.25) is 0 Å². The molecule has 0 aliphatic heterocycles. The van der Waals surface area contributed by atoms with Crippen molar-refractivity contribution in [3.05, 3.63) is 29.3 Å². The molecule has 3 nitrogen and oxygen atoms in total. The van der Waals surface area contributed by atoms with Gasteiger partial charge in [-0.2, -0.15) is 5.26 Å². The zero-order chi connectivity index (χ0) is 14.8. The van der Waals surface area contributed by atoms with E-state index in [1.54, 1.807) is 18.2 Å². The average Bonchev–Trinajstić information content (AvgIpc) is 2.46. The topological polar surface area (TPSA) is 57.9 Å². The van der Waals surface area contributed by atoms with Crippen LogP contribution in [0.5, 0.6) is 0 Å². The lowest BCUT2D eigenvalue weighted by Gasteiger charge is -2.31. The van der Waals surface area contributed by atoms with Crippen LogP contribution in [0.1, 0.15) is 32.6 Å². The lowest BCUT2D eigenvalue weighted by molar-refractivity contribution is 0.308. The van der Waals surface area contributed by atoms with Crippen molar-refractivity contribution in [1.29, 1.82) is 5.26 Å². The van der Waals surface area contributed by atoms with Crippen LogP contribution in [0.3, 0.4) is 0 Å². The summed E-state index contributed by atoms with van der Waals surface area (Å²) in [6.45, 7) is 2.07. The van der Waals surface area contributed by atoms with Gasteiger partial charge >= 0.3 is 0 Å². The van der Waals surface area contributed by atoms with Gasteiger partial charge in [0.1, 0.15) is 0 Å². The van der Waals surface area contributed by atoms with E-state index in [4.69, 9.17) is 11.6 Å². The molecule has 0 heterocycles. The third kappa shape index (κ3) is 2.99. The monoisotopic (exact) mass is 311 g/mol. The van der Waals surface area contributed by atoms with Gasteiger partial charge in [0.25, 0.3) is 0 Å². The summed E-state index contributed by atoms with van der Waals surface area (Å²) >= 11 is 5.89. The summed E-state index contributed by atoms with van der Waals surface area (Å²) in [5.74, 6) is -0.0275. The van der Waals surface area contributed by atoms with Crippen LogP contribution in [0.25, 0.3) is 0 Å². The summed E-state index contributed by atoms with van der Waals surface area (Å²) in [7, 11) is -3.50. The van der Waals surface area contributed by atoms with E-state index in [1.807, 2.05) is 0 Å². The van der Waals surface area contributed by atoms with Crippen molar-refractivity contribution in [3.63, 3.8) is 0 Å². The molecule has 1 aliphatic rings. The van der Waals surface area contributed by atoms with Crippen LogP contribution in [0, 0.1) is 23.2 Å². The highest BCUT2D eigenvalue weighted by Gasteiger charge is 2.39. The van der Waals surface area contributed by atoms with E-state index < -0.39 is 21.0 Å². The van der Waals surface area contributed by atoms with E-state index in [-0.39, 0.29) is 4.90 Å². The maximum atomic E-state index is 12.8. The molecular weight excluding hydrogens is 294 g/mol. The molecule has 1 fully saturated rings. The number of sulfone groups is 1. The number of hydrogen-bond donors (Lipinski definition) is 0. The minimum Gasteiger partial charge on any atom is -0.223 e. The fourth-order valence-corrected chi connectivity index (χ4v) is 5.21. The van der Waals surface area contributed by atoms with Gasteiger partial charge in [-0.25, -0.2) is 8.42 Å². The van der Waals surface area contributed by atoms with Crippen molar-refractivity contribution in [2.75, 3.05) is 0 Å². The first kappa shape index (κ1) is 15.3. The van der Waals surface area contributed by atoms with Crippen LogP contribution in [-0.4, -0.2) is 13.7 Å². The molecule has 0 radical (unpaired) electrons. The van der Waals surface area contributed by atoms with Crippen molar-refractivity contribution in [1.82, 2.24) is 0 Å². The Morgan fingerprint density at radius 2 is 2.15 bits per heavy atom. The van der Waals surface area contributed by atoms with Gasteiger partial charge < -0.3 is 0 Å². The molecule has 0 bridgehead atoms. The highest BCUT2D eigenvalue weighted by molar-refractivity contribution is 7.92. The number of rotatable bonds is 3. The molecule has 1 aromatic carbocycles. The van der Waals surface area contributed by atoms with Gasteiger partial charge in [-0.15, -0.1) is 0 Å². The molecule has 3 atom stereocenters. The minimum atomic E-state index is -3.50. The molecule has 1 saturated carbocycles. The Labute approximate surface area is 125 Å². The fourth-order valence-electron chi connectivity index (χ4n) is 2.89. The van der Waals surface area contributed by atoms with E-state index in [1.165, 1.54) is 6.07 Å². The van der Waals surface area contributed by atoms with E-state index in [9.17, 15) is 13.7 Å². The quantitative estimate of drug-likeness (QED) is 0.852. The largest absolute Gasteiger partial charge is 0.223 e. The Kier molecular flexibility index (Phi) is 4.72. The third-order valence-corrected chi connectivity index (χ3v) is 6.63. The Balaban J connectivity index is 2.38. The lowest BCUT2D eigenvalue weighted by atomic mass is 9.81. The van der Waals surface area contributed by atoms with Crippen LogP contribution >= 0.6 is 11.6 Å². The molecule has 20 heavy (non-hydrogen) atoms. The Morgan fingerprint density at radius 1 is 1.40 bits per heavy atom. The summed E-state index contributed by atoms with van der Waals surface area (Å²) < 4.78 is 25.5. The molecule has 0 aromatic heterocycles. The van der Waals surface area contributed by atoms with Gasteiger partial charge in [0.15, 0.2) is 9.84 Å². The zero-order valence-electron chi connectivity index (χ0n) is 11.4. The first-order valence-corrected chi connectivity index (χ1v) is 8.80. The van der Waals surface area contributed by atoms with Crippen molar-refractivity contribution in [3.8, 4) is 6.07 Å². The smallest absolute Gasteiger partial charge is 0.182 e. The summed E-state index contributed by atoms with van der Waals surface area (Å²) in [5, 5.41) is 9.04. The predicted octanol–water partition coefficient (Wildman–Crippen LogP) is 3.83. The molecule has 0 amide bonds. The van der Waals surface area contributed by atoms with Crippen LogP contribution < -0.4 is 0 Å². The van der Waals surface area contributed by atoms with Gasteiger partial charge in [0, 0.05) is 5.02 Å². The van der Waals surface area contributed by atoms with Crippen LogP contribution in [0.2, 0.25) is 5.02 Å². The summed E-state index contributed by atoms with van der Waals surface area (Å²) in [5.41, 5.74) is 0. The van der Waals surface area contributed by atoms with E-state index in [0.717, 1.165) is 12.8 Å². The molecule has 1 aliphatic carbocycles. The Bertz CT molecular complexity index is 621. The van der Waals surface area contributed by atoms with Crippen molar-refractivity contribution in [2.24, 2.45) is 11.8 Å². The van der Waals surface area contributed by atoms with Crippen molar-refractivity contribution >= 4 is 21.4 Å². The highest BCUT2D eigenvalue weighted by Crippen LogP contribution is 2.37. The van der Waals surface area contributed by atoms with E-state index in [0.29, 0.717) is 23.8 Å². The molecule has 2 rings (SSSR count). The number of nitrogens with zero attached hydrogens (tertiary/aromatic N) is 1. The number of hydrogen-bond acceptors (Lipinski definition) is 3. The molecule has 0 saturated heterocycles. The molecular formula is C15H18ClNO2S. The second kappa shape index (κ2) is 6.15. The third-order valence-electron chi connectivity index (χ3n) is 4.17. The molecule has 3 unspecified atom stereocenters. The Hall–Kier alpha value is -1.05. The van der Waals surface area contributed by atoms with Gasteiger partial charge in [0.05, 0.1) is 22.1 Å². The van der Waals surface area contributed by atoms with Gasteiger partial charge in [-0.1, -0.05) is 31.0 Å². The standard InChI is InChI=1S/C15H18ClNO2S/c1-2-11-6-7-12(10-17)15(8-11)20(18,19)14-5-3-4-13(16)9-14/h3-5,9,11-12,15H,2,6-8H2,1H3. The number of nitriles is 1. The molecule has 1 aromatic rings. The summed E-state index contributed by atoms with van der Waals surface area (Å²) in [6.07, 6.45) is 3.14. The SMILES string of the molecule is CCC1CCC(C#N)C(S(=O)(=O)c2cccc(Cl)c2)C1.